The molecular formula is C9H14BrN3. The second kappa shape index (κ2) is 4.56. The molecule has 0 bridgehead atoms. The molecule has 13 heavy (non-hydrogen) atoms. The monoisotopic (exact) mass is 243 g/mol. The highest BCUT2D eigenvalue weighted by Crippen LogP contribution is 2.10. The second-order valence-corrected chi connectivity index (χ2v) is 4.69. The van der Waals surface area contributed by atoms with Crippen LogP contribution in [0, 0.1) is 6.92 Å². The highest BCUT2D eigenvalue weighted by Gasteiger charge is 2.05. The van der Waals surface area contributed by atoms with E-state index in [0.29, 0.717) is 4.83 Å². The lowest BCUT2D eigenvalue weighted by molar-refractivity contribution is 0.849. The lowest BCUT2D eigenvalue weighted by Gasteiger charge is -2.19. The molecule has 0 aliphatic rings. The van der Waals surface area contributed by atoms with Gasteiger partial charge in [-0.3, -0.25) is 0 Å². The van der Waals surface area contributed by atoms with Crippen molar-refractivity contribution >= 4 is 21.7 Å². The van der Waals surface area contributed by atoms with E-state index in [4.69, 9.17) is 0 Å². The number of hydrogen-bond acceptors (Lipinski definition) is 3. The topological polar surface area (TPSA) is 29.0 Å². The van der Waals surface area contributed by atoms with Crippen molar-refractivity contribution in [1.82, 2.24) is 9.97 Å². The van der Waals surface area contributed by atoms with Gasteiger partial charge in [-0.2, -0.15) is 0 Å². The summed E-state index contributed by atoms with van der Waals surface area (Å²) < 4.78 is 0. The Morgan fingerprint density at radius 3 is 2.85 bits per heavy atom. The maximum absolute atomic E-state index is 4.32. The van der Waals surface area contributed by atoms with Gasteiger partial charge >= 0.3 is 0 Å². The molecule has 0 radical (unpaired) electrons. The molecule has 1 unspecified atom stereocenters. The summed E-state index contributed by atoms with van der Waals surface area (Å²) in [5, 5.41) is 0. The molecule has 0 N–H and O–H groups in total. The van der Waals surface area contributed by atoms with Gasteiger partial charge in [0.05, 0.1) is 0 Å². The third-order valence-electron chi connectivity index (χ3n) is 1.68. The van der Waals surface area contributed by atoms with E-state index in [-0.39, 0.29) is 0 Å². The average Bonchev–Trinajstić information content (AvgIpc) is 2.03. The predicted molar refractivity (Wildman–Crippen MR) is 58.4 cm³/mol. The van der Waals surface area contributed by atoms with Crippen molar-refractivity contribution in [3.05, 3.63) is 18.1 Å². The molecule has 0 fully saturated rings. The van der Waals surface area contributed by atoms with Crippen LogP contribution in [-0.4, -0.2) is 28.4 Å². The van der Waals surface area contributed by atoms with E-state index in [2.05, 4.69) is 37.7 Å². The van der Waals surface area contributed by atoms with Gasteiger partial charge in [-0.15, -0.1) is 0 Å². The van der Waals surface area contributed by atoms with E-state index in [9.17, 15) is 0 Å². The number of aromatic nitrogens is 2. The fourth-order valence-corrected chi connectivity index (χ4v) is 1.56. The van der Waals surface area contributed by atoms with Crippen LogP contribution in [0.15, 0.2) is 12.3 Å². The Kier molecular flexibility index (Phi) is 3.66. The Bertz CT molecular complexity index is 275. The zero-order chi connectivity index (χ0) is 9.84. The molecule has 0 saturated heterocycles. The van der Waals surface area contributed by atoms with Crippen molar-refractivity contribution in [3.63, 3.8) is 0 Å². The number of anilines is 1. The first kappa shape index (κ1) is 10.4. The van der Waals surface area contributed by atoms with Crippen LogP contribution >= 0.6 is 15.9 Å². The lowest BCUT2D eigenvalue weighted by atomic mass is 10.4. The molecule has 1 atom stereocenters. The van der Waals surface area contributed by atoms with Crippen LogP contribution in [-0.2, 0) is 0 Å². The molecule has 0 spiro atoms. The smallest absolute Gasteiger partial charge is 0.132 e. The summed E-state index contributed by atoms with van der Waals surface area (Å²) in [6.45, 7) is 4.95. The van der Waals surface area contributed by atoms with E-state index in [0.717, 1.165) is 18.2 Å². The van der Waals surface area contributed by atoms with Gasteiger partial charge in [-0.25, -0.2) is 9.97 Å². The summed E-state index contributed by atoms with van der Waals surface area (Å²) in [5.41, 5.74) is 0. The molecule has 4 heteroatoms. The van der Waals surface area contributed by atoms with E-state index >= 15 is 0 Å². The van der Waals surface area contributed by atoms with Gasteiger partial charge in [0.15, 0.2) is 0 Å². The number of hydrogen-bond donors (Lipinski definition) is 0. The predicted octanol–water partition coefficient (Wildman–Crippen LogP) is 2.00. The van der Waals surface area contributed by atoms with Gasteiger partial charge < -0.3 is 4.90 Å². The second-order valence-electron chi connectivity index (χ2n) is 3.12. The van der Waals surface area contributed by atoms with Crippen molar-refractivity contribution in [3.8, 4) is 0 Å². The van der Waals surface area contributed by atoms with Crippen molar-refractivity contribution in [2.45, 2.75) is 18.7 Å². The van der Waals surface area contributed by atoms with Crippen LogP contribution in [0.25, 0.3) is 0 Å². The minimum Gasteiger partial charge on any atom is -0.358 e. The van der Waals surface area contributed by atoms with Crippen LogP contribution in [0.3, 0.4) is 0 Å². The van der Waals surface area contributed by atoms with Crippen LogP contribution in [0.2, 0.25) is 0 Å². The zero-order valence-corrected chi connectivity index (χ0v) is 9.74. The number of nitrogens with zero attached hydrogens (tertiary/aromatic N) is 3. The van der Waals surface area contributed by atoms with Crippen LogP contribution in [0.1, 0.15) is 12.7 Å². The van der Waals surface area contributed by atoms with Crippen LogP contribution < -0.4 is 4.90 Å². The normalized spacial score (nSPS) is 12.6. The molecule has 0 amide bonds. The third kappa shape index (κ3) is 3.30. The summed E-state index contributed by atoms with van der Waals surface area (Å²) in [5.74, 6) is 1.78. The van der Waals surface area contributed by atoms with Crippen molar-refractivity contribution in [2.75, 3.05) is 18.5 Å². The first-order chi connectivity index (χ1) is 6.09. The molecular weight excluding hydrogens is 230 g/mol. The molecule has 1 heterocycles. The summed E-state index contributed by atoms with van der Waals surface area (Å²) in [7, 11) is 2.03. The maximum Gasteiger partial charge on any atom is 0.132 e. The molecule has 0 saturated carbocycles. The highest BCUT2D eigenvalue weighted by molar-refractivity contribution is 9.09. The van der Waals surface area contributed by atoms with Gasteiger partial charge in [0.25, 0.3) is 0 Å². The van der Waals surface area contributed by atoms with Gasteiger partial charge in [-0.05, 0) is 13.0 Å². The minimum absolute atomic E-state index is 0.466. The maximum atomic E-state index is 4.32. The van der Waals surface area contributed by atoms with E-state index in [1.54, 1.807) is 6.20 Å². The molecule has 1 rings (SSSR count). The first-order valence-electron chi connectivity index (χ1n) is 4.24. The molecule has 0 aliphatic heterocycles. The zero-order valence-electron chi connectivity index (χ0n) is 8.16. The fraction of sp³-hybridized carbons (Fsp3) is 0.556. The number of halogens is 1. The van der Waals surface area contributed by atoms with Crippen molar-refractivity contribution < 1.29 is 0 Å². The SMILES string of the molecule is Cc1nccc(N(C)CC(C)Br)n1. The summed E-state index contributed by atoms with van der Waals surface area (Å²) >= 11 is 3.51. The first-order valence-corrected chi connectivity index (χ1v) is 5.16. The Labute approximate surface area is 87.3 Å². The highest BCUT2D eigenvalue weighted by atomic mass is 79.9. The minimum atomic E-state index is 0.466. The largest absolute Gasteiger partial charge is 0.358 e. The Morgan fingerprint density at radius 2 is 2.31 bits per heavy atom. The van der Waals surface area contributed by atoms with Gasteiger partial charge in [0.2, 0.25) is 0 Å². The standard InChI is InChI=1S/C9H14BrN3/c1-7(10)6-13(3)9-4-5-11-8(2)12-9/h4-5,7H,6H2,1-3H3. The van der Waals surface area contributed by atoms with Crippen LogP contribution in [0.5, 0.6) is 0 Å². The lowest BCUT2D eigenvalue weighted by Crippen LogP contribution is -2.24. The van der Waals surface area contributed by atoms with Crippen molar-refractivity contribution in [1.29, 1.82) is 0 Å². The Balaban J connectivity index is 2.71. The van der Waals surface area contributed by atoms with E-state index in [1.807, 2.05) is 20.0 Å². The molecule has 0 aliphatic carbocycles. The Hall–Kier alpha value is -0.640. The summed E-state index contributed by atoms with van der Waals surface area (Å²) in [4.78, 5) is 10.9. The van der Waals surface area contributed by atoms with Crippen LogP contribution in [0.4, 0.5) is 5.82 Å². The fourth-order valence-electron chi connectivity index (χ4n) is 1.13. The van der Waals surface area contributed by atoms with Gasteiger partial charge in [0.1, 0.15) is 11.6 Å². The third-order valence-corrected chi connectivity index (χ3v) is 1.97. The summed E-state index contributed by atoms with van der Waals surface area (Å²) in [6, 6.07) is 1.92. The number of rotatable bonds is 3. The Morgan fingerprint density at radius 1 is 1.62 bits per heavy atom. The molecule has 0 aromatic carbocycles. The number of alkyl halides is 1. The summed E-state index contributed by atoms with van der Waals surface area (Å²) in [6.07, 6.45) is 1.78. The van der Waals surface area contributed by atoms with Gasteiger partial charge in [-0.1, -0.05) is 22.9 Å². The molecule has 3 nitrogen and oxygen atoms in total. The number of aryl methyl sites for hydroxylation is 1. The van der Waals surface area contributed by atoms with E-state index in [1.165, 1.54) is 0 Å². The molecule has 72 valence electrons. The van der Waals surface area contributed by atoms with Crippen molar-refractivity contribution in [2.24, 2.45) is 0 Å². The average molecular weight is 244 g/mol. The quantitative estimate of drug-likeness (QED) is 0.761. The molecule has 1 aromatic rings. The van der Waals surface area contributed by atoms with E-state index < -0.39 is 0 Å². The van der Waals surface area contributed by atoms with Gasteiger partial charge in [0, 0.05) is 24.6 Å². The molecule has 1 aromatic heterocycles.